The lowest BCUT2D eigenvalue weighted by atomic mass is 9.83. The molecule has 3 aliphatic heterocycles. The van der Waals surface area contributed by atoms with Gasteiger partial charge >= 0.3 is 16.3 Å². The van der Waals surface area contributed by atoms with Crippen molar-refractivity contribution in [2.24, 2.45) is 0 Å². The van der Waals surface area contributed by atoms with E-state index in [-0.39, 0.29) is 18.7 Å². The number of hydrogen-bond donors (Lipinski definition) is 1. The zero-order valence-electron chi connectivity index (χ0n) is 24.3. The van der Waals surface area contributed by atoms with Gasteiger partial charge in [0.25, 0.3) is 0 Å². The van der Waals surface area contributed by atoms with Crippen LogP contribution in [0.4, 0.5) is 0 Å². The molecular formula is C31H34N4O7S. The van der Waals surface area contributed by atoms with Crippen molar-refractivity contribution in [1.82, 2.24) is 19.3 Å². The van der Waals surface area contributed by atoms with Gasteiger partial charge in [0.05, 0.1) is 37.7 Å². The molecule has 9 bridgehead atoms. The van der Waals surface area contributed by atoms with Gasteiger partial charge in [0.1, 0.15) is 17.0 Å². The lowest BCUT2D eigenvalue weighted by Crippen LogP contribution is -2.39. The Morgan fingerprint density at radius 3 is 2.70 bits per heavy atom. The first-order chi connectivity index (χ1) is 20.6. The van der Waals surface area contributed by atoms with Crippen molar-refractivity contribution in [3.05, 3.63) is 81.9 Å². The van der Waals surface area contributed by atoms with Crippen molar-refractivity contribution in [2.75, 3.05) is 19.8 Å². The van der Waals surface area contributed by atoms with E-state index < -0.39 is 28.2 Å². The molecule has 43 heavy (non-hydrogen) atoms. The minimum Gasteiger partial charge on any atom is -0.493 e. The van der Waals surface area contributed by atoms with E-state index >= 15 is 0 Å². The molecule has 4 heterocycles. The lowest BCUT2D eigenvalue weighted by molar-refractivity contribution is -0.137. The minimum atomic E-state index is -4.10. The van der Waals surface area contributed by atoms with Crippen molar-refractivity contribution in [2.45, 2.75) is 58.7 Å². The third-order valence-corrected chi connectivity index (χ3v) is 9.72. The predicted octanol–water partition coefficient (Wildman–Crippen LogP) is 4.65. The first-order valence-corrected chi connectivity index (χ1v) is 15.7. The number of nitrogens with zero attached hydrogens (tertiary/aromatic N) is 4. The molecule has 226 valence electrons. The van der Waals surface area contributed by atoms with Crippen LogP contribution in [0.2, 0.25) is 0 Å². The summed E-state index contributed by atoms with van der Waals surface area (Å²) in [6.45, 7) is 7.69. The molecule has 0 spiro atoms. The average molecular weight is 607 g/mol. The van der Waals surface area contributed by atoms with Crippen LogP contribution in [0.1, 0.15) is 65.1 Å². The lowest BCUT2D eigenvalue weighted by Gasteiger charge is -2.33. The van der Waals surface area contributed by atoms with Crippen molar-refractivity contribution in [3.8, 4) is 11.5 Å². The zero-order valence-corrected chi connectivity index (χ0v) is 25.1. The number of benzene rings is 3. The number of fused-ring (bicyclic) bond motifs is 7. The average Bonchev–Trinajstić information content (AvgIpc) is 3.38. The number of carbonyl (C=O) groups is 1. The number of rotatable bonds is 2. The van der Waals surface area contributed by atoms with E-state index in [0.29, 0.717) is 49.6 Å². The maximum absolute atomic E-state index is 13.3. The Kier molecular flexibility index (Phi) is 7.84. The van der Waals surface area contributed by atoms with Crippen LogP contribution in [0, 0.1) is 13.8 Å². The van der Waals surface area contributed by atoms with Gasteiger partial charge in [-0.05, 0) is 72.9 Å². The van der Waals surface area contributed by atoms with Gasteiger partial charge in [0.15, 0.2) is 0 Å². The van der Waals surface area contributed by atoms with Gasteiger partial charge in [0.2, 0.25) is 0 Å². The predicted molar refractivity (Wildman–Crippen MR) is 158 cm³/mol. The number of hydrogen-bond acceptors (Lipinski definition) is 8. The highest BCUT2D eigenvalue weighted by atomic mass is 32.2. The molecule has 1 aromatic heterocycles. The van der Waals surface area contributed by atoms with Gasteiger partial charge in [-0.3, -0.25) is 4.79 Å². The molecule has 1 unspecified atom stereocenters. The van der Waals surface area contributed by atoms with Crippen LogP contribution >= 0.6 is 0 Å². The van der Waals surface area contributed by atoms with Crippen molar-refractivity contribution in [3.63, 3.8) is 0 Å². The van der Waals surface area contributed by atoms with Crippen molar-refractivity contribution < 1.29 is 32.0 Å². The van der Waals surface area contributed by atoms with Crippen LogP contribution in [-0.4, -0.2) is 58.6 Å². The third kappa shape index (κ3) is 5.69. The fourth-order valence-electron chi connectivity index (χ4n) is 5.98. The Balaban J connectivity index is 1.46. The summed E-state index contributed by atoms with van der Waals surface area (Å²) in [5.41, 5.74) is 6.35. The molecule has 0 saturated carbocycles. The SMILES string of the molecule is Cc1ccc2cc1[C@@H](C)N1Cc3cc(ccc3OS1(=O)=O)OCCCOCCn1nnc3c(C)c(ccc31)[C@H]2CC(=O)O. The topological polar surface area (TPSA) is 133 Å². The van der Waals surface area contributed by atoms with Crippen LogP contribution in [0.3, 0.4) is 0 Å². The first-order valence-electron chi connectivity index (χ1n) is 14.3. The minimum absolute atomic E-state index is 0.104. The Labute approximate surface area is 250 Å². The zero-order chi connectivity index (χ0) is 30.3. The normalized spacial score (nSPS) is 22.0. The Hall–Kier alpha value is -4.00. The molecule has 1 N–H and O–H groups in total. The van der Waals surface area contributed by atoms with Gasteiger partial charge in [0, 0.05) is 31.1 Å². The fraction of sp³-hybridized carbons (Fsp3) is 0.387. The Morgan fingerprint density at radius 2 is 1.88 bits per heavy atom. The van der Waals surface area contributed by atoms with Crippen LogP contribution in [-0.2, 0) is 32.9 Å². The molecule has 0 fully saturated rings. The van der Waals surface area contributed by atoms with Crippen LogP contribution in [0.5, 0.6) is 11.5 Å². The Morgan fingerprint density at radius 1 is 1.05 bits per heavy atom. The molecule has 0 saturated heterocycles. The molecular weight excluding hydrogens is 572 g/mol. The summed E-state index contributed by atoms with van der Waals surface area (Å²) in [6, 6.07) is 14.1. The van der Waals surface area contributed by atoms with Gasteiger partial charge in [-0.2, -0.15) is 12.7 Å². The van der Waals surface area contributed by atoms with Gasteiger partial charge in [-0.15, -0.1) is 5.10 Å². The van der Waals surface area contributed by atoms with Crippen LogP contribution in [0.25, 0.3) is 11.0 Å². The second-order valence-corrected chi connectivity index (χ2v) is 12.6. The molecule has 3 aromatic carbocycles. The van der Waals surface area contributed by atoms with E-state index in [1.165, 1.54) is 4.31 Å². The standard InChI is InChI=1S/C31H34N4O7S/c1-19-5-6-22-16-26(19)21(3)35-18-23-15-24(7-10-29(23)42-43(35,38)39)41-13-4-12-40-14-11-34-28-9-8-25(27(22)17-30(36)37)20(2)31(28)32-33-34/h5-10,15-16,21,27H,4,11-14,17-18H2,1-3H3,(H,36,37)/t21-,27+/m1/s1. The summed E-state index contributed by atoms with van der Waals surface area (Å²) < 4.78 is 47.0. The molecule has 0 amide bonds. The second-order valence-electron chi connectivity index (χ2n) is 11.1. The van der Waals surface area contributed by atoms with E-state index in [1.54, 1.807) is 16.8 Å². The summed E-state index contributed by atoms with van der Waals surface area (Å²) in [6.07, 6.45) is 0.527. The summed E-state index contributed by atoms with van der Waals surface area (Å²) in [5.74, 6) is -0.534. The van der Waals surface area contributed by atoms with Crippen LogP contribution in [0.15, 0.2) is 48.5 Å². The Bertz CT molecular complexity index is 1800. The van der Waals surface area contributed by atoms with Crippen LogP contribution < -0.4 is 8.92 Å². The van der Waals surface area contributed by atoms with E-state index in [1.807, 2.05) is 57.2 Å². The second kappa shape index (κ2) is 11.6. The monoisotopic (exact) mass is 606 g/mol. The number of ether oxygens (including phenoxy) is 2. The highest BCUT2D eigenvalue weighted by Gasteiger charge is 2.37. The summed E-state index contributed by atoms with van der Waals surface area (Å²) in [7, 11) is -4.10. The number of aromatic nitrogens is 3. The maximum atomic E-state index is 13.3. The van der Waals surface area contributed by atoms with E-state index in [9.17, 15) is 18.3 Å². The molecule has 3 atom stereocenters. The number of aliphatic carboxylic acids is 1. The van der Waals surface area contributed by atoms with Crippen molar-refractivity contribution >= 4 is 27.3 Å². The molecule has 3 aliphatic rings. The molecule has 7 rings (SSSR count). The van der Waals surface area contributed by atoms with E-state index in [4.69, 9.17) is 13.7 Å². The summed E-state index contributed by atoms with van der Waals surface area (Å²) >= 11 is 0. The molecule has 0 aliphatic carbocycles. The van der Waals surface area contributed by atoms with Gasteiger partial charge < -0.3 is 18.8 Å². The van der Waals surface area contributed by atoms with Crippen molar-refractivity contribution in [1.29, 1.82) is 0 Å². The van der Waals surface area contributed by atoms with Gasteiger partial charge in [-0.25, -0.2) is 4.68 Å². The smallest absolute Gasteiger partial charge is 0.386 e. The molecule has 0 radical (unpaired) electrons. The van der Waals surface area contributed by atoms with E-state index in [2.05, 4.69) is 10.3 Å². The number of aryl methyl sites for hydroxylation is 2. The molecule has 4 aromatic rings. The van der Waals surface area contributed by atoms with Gasteiger partial charge in [-0.1, -0.05) is 29.5 Å². The highest BCUT2D eigenvalue weighted by molar-refractivity contribution is 7.84. The fourth-order valence-corrected chi connectivity index (χ4v) is 7.27. The largest absolute Gasteiger partial charge is 0.493 e. The number of carboxylic acid groups (broad SMARTS) is 1. The first kappa shape index (κ1) is 29.1. The maximum Gasteiger partial charge on any atom is 0.386 e. The molecule has 11 nitrogen and oxygen atoms in total. The van der Waals surface area contributed by atoms with E-state index in [0.717, 1.165) is 33.3 Å². The summed E-state index contributed by atoms with van der Waals surface area (Å²) in [5, 5.41) is 18.7. The third-order valence-electron chi connectivity index (χ3n) is 8.31. The highest BCUT2D eigenvalue weighted by Crippen LogP contribution is 2.40. The summed E-state index contributed by atoms with van der Waals surface area (Å²) in [4.78, 5) is 12.1. The molecule has 12 heteroatoms. The quantitative estimate of drug-likeness (QED) is 0.346. The number of carboxylic acids is 1.